The lowest BCUT2D eigenvalue weighted by Gasteiger charge is -2.36. The summed E-state index contributed by atoms with van der Waals surface area (Å²) in [7, 11) is 0. The fourth-order valence-electron chi connectivity index (χ4n) is 7.40. The van der Waals surface area contributed by atoms with Gasteiger partial charge in [0.25, 0.3) is 0 Å². The van der Waals surface area contributed by atoms with E-state index in [2.05, 4.69) is 22.5 Å². The molecule has 1 aromatic rings. The first-order valence-electron chi connectivity index (χ1n) is 14.8. The lowest BCUT2D eigenvalue weighted by Crippen LogP contribution is -2.56. The normalized spacial score (nSPS) is 33.3. The Morgan fingerprint density at radius 3 is 2.52 bits per heavy atom. The van der Waals surface area contributed by atoms with Crippen LogP contribution < -0.4 is 10.6 Å². The highest BCUT2D eigenvalue weighted by atomic mass is 16.5. The summed E-state index contributed by atoms with van der Waals surface area (Å²) in [4.78, 5) is 45.7. The van der Waals surface area contributed by atoms with Crippen LogP contribution >= 0.6 is 0 Å². The van der Waals surface area contributed by atoms with Gasteiger partial charge in [-0.25, -0.2) is 0 Å². The van der Waals surface area contributed by atoms with Crippen molar-refractivity contribution in [2.75, 3.05) is 52.5 Å². The molecule has 40 heavy (non-hydrogen) atoms. The zero-order valence-corrected chi connectivity index (χ0v) is 23.8. The fourth-order valence-corrected chi connectivity index (χ4v) is 7.40. The lowest BCUT2D eigenvalue weighted by atomic mass is 9.62. The first-order valence-corrected chi connectivity index (χ1v) is 14.8. The van der Waals surface area contributed by atoms with Crippen LogP contribution in [0.3, 0.4) is 0 Å². The van der Waals surface area contributed by atoms with E-state index in [9.17, 15) is 19.5 Å². The monoisotopic (exact) mass is 556 g/mol. The Labute approximate surface area is 236 Å². The summed E-state index contributed by atoms with van der Waals surface area (Å²) < 4.78 is 12.2. The number of nitrogens with zero attached hydrogens (tertiary/aromatic N) is 2. The maximum Gasteiger partial charge on any atom is 0.245 e. The van der Waals surface area contributed by atoms with Gasteiger partial charge in [0.15, 0.2) is 0 Å². The number of ether oxygens (including phenoxy) is 2. The van der Waals surface area contributed by atoms with E-state index < -0.39 is 29.1 Å². The van der Waals surface area contributed by atoms with Crippen LogP contribution in [0.4, 0.5) is 0 Å². The van der Waals surface area contributed by atoms with Crippen molar-refractivity contribution in [1.29, 1.82) is 0 Å². The number of amides is 3. The molecule has 4 heterocycles. The van der Waals surface area contributed by atoms with Gasteiger partial charge in [0.05, 0.1) is 30.7 Å². The van der Waals surface area contributed by atoms with E-state index in [1.165, 1.54) is 0 Å². The molecule has 3 unspecified atom stereocenters. The Kier molecular flexibility index (Phi) is 8.80. The van der Waals surface area contributed by atoms with Crippen LogP contribution in [0, 0.1) is 17.8 Å². The SMILES string of the molecule is CC1CC23O[C@@]1(C)[C@H](C(=O)NCc1ccccc1)[C@H]2C(=O)N(CCCCCO)C3C(=O)NCCN1CCOCC1. The topological polar surface area (TPSA) is 120 Å². The maximum atomic E-state index is 14.1. The molecule has 5 rings (SSSR count). The molecule has 0 aromatic heterocycles. The van der Waals surface area contributed by atoms with Crippen molar-refractivity contribution in [3.8, 4) is 0 Å². The number of fused-ring (bicyclic) bond motifs is 1. The summed E-state index contributed by atoms with van der Waals surface area (Å²) in [5.74, 6) is -1.98. The molecule has 4 fully saturated rings. The zero-order valence-electron chi connectivity index (χ0n) is 23.8. The fraction of sp³-hybridized carbons (Fsp3) is 0.700. The number of aliphatic hydroxyl groups is 1. The third kappa shape index (κ3) is 5.26. The number of rotatable bonds is 12. The lowest BCUT2D eigenvalue weighted by molar-refractivity contribution is -0.147. The van der Waals surface area contributed by atoms with E-state index in [1.54, 1.807) is 4.90 Å². The van der Waals surface area contributed by atoms with Crippen LogP contribution in [0.2, 0.25) is 0 Å². The van der Waals surface area contributed by atoms with Gasteiger partial charge in [-0.15, -0.1) is 0 Å². The molecule has 4 aliphatic rings. The second-order valence-corrected chi connectivity index (χ2v) is 12.0. The van der Waals surface area contributed by atoms with Crippen LogP contribution in [0.25, 0.3) is 0 Å². The highest BCUT2D eigenvalue weighted by Gasteiger charge is 2.79. The van der Waals surface area contributed by atoms with E-state index in [1.807, 2.05) is 37.3 Å². The summed E-state index contributed by atoms with van der Waals surface area (Å²) in [5, 5.41) is 15.4. The minimum atomic E-state index is -1.04. The molecular formula is C30H44N4O6. The van der Waals surface area contributed by atoms with Crippen LogP contribution in [0.15, 0.2) is 30.3 Å². The van der Waals surface area contributed by atoms with Crippen molar-refractivity contribution < 1.29 is 29.0 Å². The minimum Gasteiger partial charge on any atom is -0.396 e. The molecule has 2 bridgehead atoms. The summed E-state index contributed by atoms with van der Waals surface area (Å²) in [6.07, 6.45) is 2.61. The van der Waals surface area contributed by atoms with Gasteiger partial charge in [-0.1, -0.05) is 37.3 Å². The van der Waals surface area contributed by atoms with Gasteiger partial charge in [-0.3, -0.25) is 19.3 Å². The number of aliphatic hydroxyl groups excluding tert-OH is 1. The van der Waals surface area contributed by atoms with Crippen LogP contribution in [0.5, 0.6) is 0 Å². The molecule has 3 amide bonds. The second kappa shape index (κ2) is 12.1. The van der Waals surface area contributed by atoms with E-state index in [0.717, 1.165) is 25.1 Å². The Morgan fingerprint density at radius 2 is 1.80 bits per heavy atom. The van der Waals surface area contributed by atoms with Crippen LogP contribution in [-0.2, 0) is 30.4 Å². The van der Waals surface area contributed by atoms with Gasteiger partial charge in [-0.05, 0) is 44.1 Å². The average Bonchev–Trinajstić information content (AvgIpc) is 3.47. The molecule has 10 heteroatoms. The molecule has 0 radical (unpaired) electrons. The van der Waals surface area contributed by atoms with Gasteiger partial charge in [0, 0.05) is 45.9 Å². The van der Waals surface area contributed by atoms with Crippen molar-refractivity contribution in [2.24, 2.45) is 17.8 Å². The first-order chi connectivity index (χ1) is 19.3. The number of hydrogen-bond acceptors (Lipinski definition) is 7. The Hall–Kier alpha value is -2.53. The highest BCUT2D eigenvalue weighted by Crippen LogP contribution is 2.65. The molecule has 6 atom stereocenters. The van der Waals surface area contributed by atoms with E-state index in [-0.39, 0.29) is 30.2 Å². The predicted molar refractivity (Wildman–Crippen MR) is 148 cm³/mol. The van der Waals surface area contributed by atoms with E-state index >= 15 is 0 Å². The third-order valence-corrected chi connectivity index (χ3v) is 9.54. The maximum absolute atomic E-state index is 14.1. The van der Waals surface area contributed by atoms with Gasteiger partial charge >= 0.3 is 0 Å². The third-order valence-electron chi connectivity index (χ3n) is 9.54. The molecule has 1 spiro atoms. The molecule has 4 aliphatic heterocycles. The van der Waals surface area contributed by atoms with Crippen molar-refractivity contribution in [3.05, 3.63) is 35.9 Å². The van der Waals surface area contributed by atoms with Gasteiger partial charge in [0.1, 0.15) is 11.6 Å². The van der Waals surface area contributed by atoms with Crippen molar-refractivity contribution in [1.82, 2.24) is 20.4 Å². The Balaban J connectivity index is 1.37. The number of carbonyl (C=O) groups excluding carboxylic acids is 3. The molecule has 10 nitrogen and oxygen atoms in total. The number of morpholine rings is 1. The van der Waals surface area contributed by atoms with Crippen molar-refractivity contribution in [2.45, 2.75) is 63.3 Å². The van der Waals surface area contributed by atoms with Crippen molar-refractivity contribution in [3.63, 3.8) is 0 Å². The minimum absolute atomic E-state index is 0.00186. The summed E-state index contributed by atoms with van der Waals surface area (Å²) in [6, 6.07) is 8.90. The zero-order chi connectivity index (χ0) is 28.3. The Morgan fingerprint density at radius 1 is 1.05 bits per heavy atom. The highest BCUT2D eigenvalue weighted by molar-refractivity contribution is 5.99. The molecular weight excluding hydrogens is 512 g/mol. The number of carbonyl (C=O) groups is 3. The number of nitrogens with one attached hydrogen (secondary N) is 2. The smallest absolute Gasteiger partial charge is 0.245 e. The van der Waals surface area contributed by atoms with Crippen LogP contribution in [-0.4, -0.2) is 102 Å². The largest absolute Gasteiger partial charge is 0.396 e. The average molecular weight is 557 g/mol. The van der Waals surface area contributed by atoms with E-state index in [0.29, 0.717) is 58.7 Å². The molecule has 220 valence electrons. The molecule has 1 aromatic carbocycles. The van der Waals surface area contributed by atoms with Gasteiger partial charge < -0.3 is 30.1 Å². The number of benzene rings is 1. The number of unbranched alkanes of at least 4 members (excludes halogenated alkanes) is 2. The molecule has 0 saturated carbocycles. The van der Waals surface area contributed by atoms with Gasteiger partial charge in [-0.2, -0.15) is 0 Å². The second-order valence-electron chi connectivity index (χ2n) is 12.0. The molecule has 3 N–H and O–H groups in total. The molecule has 0 aliphatic carbocycles. The standard InChI is InChI=1S/C30H44N4O6/c1-21-19-30-24(23(29(21,2)40-30)26(36)32-20-22-9-5-3-6-10-22)28(38)34(12-7-4-8-16-35)25(30)27(37)31-11-13-33-14-17-39-18-15-33/h3,5-6,9-10,21,23-25,35H,4,7-8,11-20H2,1-2H3,(H,31,37)(H,32,36)/t21?,23-,24-,25?,29+,30?/m0/s1. The predicted octanol–water partition coefficient (Wildman–Crippen LogP) is 0.925. The summed E-state index contributed by atoms with van der Waals surface area (Å²) in [5.41, 5.74) is -0.898. The quantitative estimate of drug-likeness (QED) is 0.328. The van der Waals surface area contributed by atoms with Crippen LogP contribution in [0.1, 0.15) is 45.1 Å². The Bertz CT molecular complexity index is 1070. The first kappa shape index (κ1) is 29.0. The summed E-state index contributed by atoms with van der Waals surface area (Å²) in [6.45, 7) is 9.07. The summed E-state index contributed by atoms with van der Waals surface area (Å²) >= 11 is 0. The van der Waals surface area contributed by atoms with Gasteiger partial charge in [0.2, 0.25) is 17.7 Å². The van der Waals surface area contributed by atoms with Crippen molar-refractivity contribution >= 4 is 17.7 Å². The van der Waals surface area contributed by atoms with E-state index in [4.69, 9.17) is 9.47 Å². The molecule has 4 saturated heterocycles. The number of hydrogen-bond donors (Lipinski definition) is 3. The number of likely N-dealkylation sites (tertiary alicyclic amines) is 1.